The fourth-order valence-corrected chi connectivity index (χ4v) is 2.25. The zero-order valence-electron chi connectivity index (χ0n) is 13.1. The van der Waals surface area contributed by atoms with Gasteiger partial charge >= 0.3 is 0 Å². The van der Waals surface area contributed by atoms with Gasteiger partial charge in [0.15, 0.2) is 0 Å². The minimum atomic E-state index is -0.508. The summed E-state index contributed by atoms with van der Waals surface area (Å²) in [6.45, 7) is 0.121. The molecule has 2 amide bonds. The number of nitrogens with two attached hydrogens (primary N) is 1. The molecular weight excluding hydrogens is 345 g/mol. The Labute approximate surface area is 147 Å². The second-order valence-electron chi connectivity index (χ2n) is 4.80. The number of halogens is 1. The summed E-state index contributed by atoms with van der Waals surface area (Å²) >= 11 is 1.46. The van der Waals surface area contributed by atoms with Crippen LogP contribution in [0.5, 0.6) is 0 Å². The number of rotatable bonds is 5. The third kappa shape index (κ3) is 5.50. The average molecular weight is 361 g/mol. The van der Waals surface area contributed by atoms with Gasteiger partial charge in [-0.05, 0) is 29.7 Å². The van der Waals surface area contributed by atoms with E-state index in [9.17, 15) is 14.0 Å². The first-order chi connectivity index (χ1) is 12.1. The summed E-state index contributed by atoms with van der Waals surface area (Å²) in [4.78, 5) is 22.6. The minimum absolute atomic E-state index is 0.0403. The number of aromatic amines is 1. The van der Waals surface area contributed by atoms with Crippen molar-refractivity contribution in [1.29, 1.82) is 0 Å². The van der Waals surface area contributed by atoms with Crippen molar-refractivity contribution in [3.8, 4) is 11.3 Å². The Morgan fingerprint density at radius 2 is 2.08 bits per heavy atom. The molecule has 0 aliphatic rings. The van der Waals surface area contributed by atoms with E-state index in [1.807, 2.05) is 11.4 Å². The molecule has 2 aromatic heterocycles. The van der Waals surface area contributed by atoms with Gasteiger partial charge in [-0.25, -0.2) is 8.76 Å². The summed E-state index contributed by atoms with van der Waals surface area (Å²) in [5.74, 6) is -1.41. The van der Waals surface area contributed by atoms with Crippen LogP contribution in [-0.2, 0) is 4.79 Å². The van der Waals surface area contributed by atoms with Gasteiger partial charge in [0.25, 0.3) is 5.91 Å². The SMILES string of the molecule is NC(=O)CCNC(=O)c1cn[nH]c1-c1ccccc1F.c1cnsc1. The van der Waals surface area contributed by atoms with Crippen LogP contribution in [0.3, 0.4) is 0 Å². The van der Waals surface area contributed by atoms with E-state index in [1.54, 1.807) is 24.4 Å². The molecule has 1 aromatic carbocycles. The molecule has 0 aliphatic heterocycles. The second kappa shape index (κ2) is 9.28. The van der Waals surface area contributed by atoms with Gasteiger partial charge in [0.2, 0.25) is 5.91 Å². The molecule has 2 heterocycles. The lowest BCUT2D eigenvalue weighted by atomic mass is 10.1. The molecule has 0 radical (unpaired) electrons. The maximum absolute atomic E-state index is 13.7. The van der Waals surface area contributed by atoms with E-state index in [0.717, 1.165) is 0 Å². The number of benzene rings is 1. The standard InChI is InChI=1S/C13H13FN4O2.C3H3NS/c14-10-4-2-1-3-8(10)12-9(7-17-18-12)13(20)16-6-5-11(15)19;1-2-4-5-3-1/h1-4,7H,5-6H2,(H2,15,19)(H,16,20)(H,17,18);1-3H. The van der Waals surface area contributed by atoms with E-state index in [1.165, 1.54) is 23.8 Å². The lowest BCUT2D eigenvalue weighted by molar-refractivity contribution is -0.117. The Hall–Kier alpha value is -3.07. The fraction of sp³-hybridized carbons (Fsp3) is 0.125. The zero-order chi connectivity index (χ0) is 18.1. The van der Waals surface area contributed by atoms with Crippen LogP contribution < -0.4 is 11.1 Å². The predicted octanol–water partition coefficient (Wildman–Crippen LogP) is 1.96. The molecule has 0 atom stereocenters. The third-order valence-corrected chi connectivity index (χ3v) is 3.55. The smallest absolute Gasteiger partial charge is 0.255 e. The van der Waals surface area contributed by atoms with E-state index < -0.39 is 17.6 Å². The molecule has 0 unspecified atom stereocenters. The van der Waals surface area contributed by atoms with E-state index in [0.29, 0.717) is 5.69 Å². The second-order valence-corrected chi connectivity index (χ2v) is 5.49. The van der Waals surface area contributed by atoms with Gasteiger partial charge in [0, 0.05) is 30.1 Å². The highest BCUT2D eigenvalue weighted by atomic mass is 32.1. The normalized spacial score (nSPS) is 9.80. The maximum Gasteiger partial charge on any atom is 0.255 e. The van der Waals surface area contributed by atoms with Crippen LogP contribution >= 0.6 is 11.5 Å². The van der Waals surface area contributed by atoms with Crippen LogP contribution in [0.15, 0.2) is 48.1 Å². The van der Waals surface area contributed by atoms with Crippen molar-refractivity contribution in [3.05, 3.63) is 59.5 Å². The van der Waals surface area contributed by atoms with E-state index >= 15 is 0 Å². The van der Waals surface area contributed by atoms with Gasteiger partial charge in [-0.15, -0.1) is 0 Å². The van der Waals surface area contributed by atoms with Crippen molar-refractivity contribution in [3.63, 3.8) is 0 Å². The Kier molecular flexibility index (Phi) is 6.78. The third-order valence-electron chi connectivity index (χ3n) is 3.03. The Bertz CT molecular complexity index is 802. The lowest BCUT2D eigenvalue weighted by Crippen LogP contribution is -2.28. The molecule has 0 fully saturated rings. The highest BCUT2D eigenvalue weighted by molar-refractivity contribution is 7.03. The molecule has 7 nitrogen and oxygen atoms in total. The van der Waals surface area contributed by atoms with Gasteiger partial charge in [0.1, 0.15) is 5.82 Å². The van der Waals surface area contributed by atoms with Crippen LogP contribution in [0.25, 0.3) is 11.3 Å². The first-order valence-corrected chi connectivity index (χ1v) is 8.12. The molecule has 0 saturated heterocycles. The van der Waals surface area contributed by atoms with E-state index in [-0.39, 0.29) is 24.1 Å². The van der Waals surface area contributed by atoms with E-state index in [4.69, 9.17) is 5.73 Å². The molecular formula is C16H16FN5O2S. The van der Waals surface area contributed by atoms with Gasteiger partial charge in [0.05, 0.1) is 17.5 Å². The monoisotopic (exact) mass is 361 g/mol. The summed E-state index contributed by atoms with van der Waals surface area (Å²) in [5, 5.41) is 10.8. The number of nitrogens with one attached hydrogen (secondary N) is 2. The molecule has 9 heteroatoms. The summed E-state index contributed by atoms with van der Waals surface area (Å²) in [6.07, 6.45) is 3.12. The van der Waals surface area contributed by atoms with Crippen LogP contribution in [0.2, 0.25) is 0 Å². The molecule has 3 aromatic rings. The van der Waals surface area contributed by atoms with Crippen molar-refractivity contribution in [1.82, 2.24) is 19.9 Å². The van der Waals surface area contributed by atoms with Crippen molar-refractivity contribution < 1.29 is 14.0 Å². The van der Waals surface area contributed by atoms with Crippen molar-refractivity contribution in [2.24, 2.45) is 5.73 Å². The van der Waals surface area contributed by atoms with Crippen LogP contribution in [0.4, 0.5) is 4.39 Å². The lowest BCUT2D eigenvalue weighted by Gasteiger charge is -2.05. The van der Waals surface area contributed by atoms with Gasteiger partial charge in [-0.2, -0.15) is 5.10 Å². The van der Waals surface area contributed by atoms with E-state index in [2.05, 4.69) is 19.9 Å². The zero-order valence-corrected chi connectivity index (χ0v) is 13.9. The van der Waals surface area contributed by atoms with Crippen molar-refractivity contribution >= 4 is 23.3 Å². The predicted molar refractivity (Wildman–Crippen MR) is 92.2 cm³/mol. The highest BCUT2D eigenvalue weighted by Crippen LogP contribution is 2.23. The number of carbonyl (C=O) groups excluding carboxylic acids is 2. The van der Waals surface area contributed by atoms with Crippen LogP contribution in [0, 0.1) is 5.82 Å². The Morgan fingerprint density at radius 1 is 1.28 bits per heavy atom. The number of primary amides is 1. The number of hydrogen-bond donors (Lipinski definition) is 3. The summed E-state index contributed by atoms with van der Waals surface area (Å²) in [5.41, 5.74) is 5.73. The summed E-state index contributed by atoms with van der Waals surface area (Å²) in [6, 6.07) is 7.97. The van der Waals surface area contributed by atoms with Crippen molar-refractivity contribution in [2.45, 2.75) is 6.42 Å². The quantitative estimate of drug-likeness (QED) is 0.644. The molecule has 3 rings (SSSR count). The number of hydrogen-bond acceptors (Lipinski definition) is 5. The molecule has 0 saturated carbocycles. The van der Waals surface area contributed by atoms with Crippen molar-refractivity contribution in [2.75, 3.05) is 6.54 Å². The number of H-pyrrole nitrogens is 1. The highest BCUT2D eigenvalue weighted by Gasteiger charge is 2.17. The molecule has 0 aliphatic carbocycles. The first kappa shape index (κ1) is 18.3. The van der Waals surface area contributed by atoms with Crippen LogP contribution in [0.1, 0.15) is 16.8 Å². The molecule has 130 valence electrons. The summed E-state index contributed by atoms with van der Waals surface area (Å²) in [7, 11) is 0. The molecule has 4 N–H and O–H groups in total. The number of aromatic nitrogens is 3. The first-order valence-electron chi connectivity index (χ1n) is 7.28. The summed E-state index contributed by atoms with van der Waals surface area (Å²) < 4.78 is 17.5. The molecule has 0 bridgehead atoms. The number of amides is 2. The molecule has 0 spiro atoms. The maximum atomic E-state index is 13.7. The van der Waals surface area contributed by atoms with Crippen LogP contribution in [-0.4, -0.2) is 32.9 Å². The topological polar surface area (TPSA) is 114 Å². The average Bonchev–Trinajstić information content (AvgIpc) is 3.29. The number of nitrogens with zero attached hydrogens (tertiary/aromatic N) is 2. The largest absolute Gasteiger partial charge is 0.370 e. The fourth-order valence-electron chi connectivity index (χ4n) is 1.90. The minimum Gasteiger partial charge on any atom is -0.370 e. The van der Waals surface area contributed by atoms with Gasteiger partial charge < -0.3 is 11.1 Å². The Morgan fingerprint density at radius 3 is 2.68 bits per heavy atom. The van der Waals surface area contributed by atoms with Gasteiger partial charge in [-0.1, -0.05) is 12.1 Å². The number of carbonyl (C=O) groups is 2. The molecule has 25 heavy (non-hydrogen) atoms. The van der Waals surface area contributed by atoms with Gasteiger partial charge in [-0.3, -0.25) is 14.7 Å². The Balaban J connectivity index is 0.000000386.